The minimum absolute atomic E-state index is 0.572. The molecule has 0 saturated carbocycles. The third-order valence-corrected chi connectivity index (χ3v) is 4.56. The number of hydrogen-bond donors (Lipinski definition) is 1. The smallest absolute Gasteiger partial charge is 0.161 e. The molecule has 1 aromatic carbocycles. The molecule has 0 saturated heterocycles. The van der Waals surface area contributed by atoms with E-state index in [2.05, 4.69) is 33.2 Å². The van der Waals surface area contributed by atoms with Crippen molar-refractivity contribution >= 4 is 33.3 Å². The molecule has 0 fully saturated rings. The summed E-state index contributed by atoms with van der Waals surface area (Å²) in [5.74, 6) is 1.58. The van der Waals surface area contributed by atoms with Gasteiger partial charge in [-0.2, -0.15) is 0 Å². The fourth-order valence-electron chi connectivity index (χ4n) is 2.31. The zero-order chi connectivity index (χ0) is 14.8. The summed E-state index contributed by atoms with van der Waals surface area (Å²) >= 11 is 9.49. The third-order valence-electron chi connectivity index (χ3n) is 3.34. The minimum atomic E-state index is 0.572. The van der Waals surface area contributed by atoms with Crippen LogP contribution in [0.5, 0.6) is 0 Å². The van der Waals surface area contributed by atoms with E-state index in [1.54, 1.807) is 0 Å². The lowest BCUT2D eigenvalue weighted by atomic mass is 10.1. The number of benzene rings is 1. The lowest BCUT2D eigenvalue weighted by Gasteiger charge is -2.20. The number of nitrogens with zero attached hydrogens (tertiary/aromatic N) is 2. The van der Waals surface area contributed by atoms with E-state index in [9.17, 15) is 0 Å². The number of rotatable bonds is 3. The molecule has 4 nitrogen and oxygen atoms in total. The van der Waals surface area contributed by atoms with Crippen molar-refractivity contribution in [1.82, 2.24) is 9.97 Å². The molecule has 1 aromatic heterocycles. The van der Waals surface area contributed by atoms with Gasteiger partial charge in [0.25, 0.3) is 0 Å². The molecule has 110 valence electrons. The second-order valence-electron chi connectivity index (χ2n) is 4.78. The van der Waals surface area contributed by atoms with Gasteiger partial charge in [-0.3, -0.25) is 0 Å². The third kappa shape index (κ3) is 3.05. The molecule has 1 aliphatic rings. The lowest BCUT2D eigenvalue weighted by Crippen LogP contribution is -2.17. The molecule has 0 unspecified atom stereocenters. The predicted molar refractivity (Wildman–Crippen MR) is 87.7 cm³/mol. The Kier molecular flexibility index (Phi) is 4.42. The summed E-state index contributed by atoms with van der Waals surface area (Å²) < 4.78 is 6.36. The Bertz CT molecular complexity index is 678. The first kappa shape index (κ1) is 14.8. The normalized spacial score (nSPS) is 13.9. The van der Waals surface area contributed by atoms with E-state index in [1.807, 2.05) is 18.2 Å². The van der Waals surface area contributed by atoms with E-state index in [1.165, 1.54) is 0 Å². The first-order chi connectivity index (χ1) is 10.2. The van der Waals surface area contributed by atoms with Gasteiger partial charge in [-0.1, -0.05) is 11.6 Å². The van der Waals surface area contributed by atoms with Crippen LogP contribution in [-0.2, 0) is 17.8 Å². The van der Waals surface area contributed by atoms with Crippen molar-refractivity contribution in [3.8, 4) is 11.4 Å². The first-order valence-corrected chi connectivity index (χ1v) is 8.03. The van der Waals surface area contributed by atoms with E-state index in [4.69, 9.17) is 21.3 Å². The summed E-state index contributed by atoms with van der Waals surface area (Å²) in [5, 5.41) is 3.98. The molecule has 3 rings (SSSR count). The van der Waals surface area contributed by atoms with E-state index in [-0.39, 0.29) is 0 Å². The molecule has 6 heteroatoms. The molecular formula is C15H15BrClN3O. The summed E-state index contributed by atoms with van der Waals surface area (Å²) in [6, 6.07) is 5.72. The van der Waals surface area contributed by atoms with Crippen LogP contribution in [0, 0.1) is 0 Å². The van der Waals surface area contributed by atoms with Crippen molar-refractivity contribution in [2.45, 2.75) is 20.0 Å². The maximum Gasteiger partial charge on any atom is 0.161 e. The van der Waals surface area contributed by atoms with Crippen LogP contribution < -0.4 is 5.32 Å². The van der Waals surface area contributed by atoms with Gasteiger partial charge in [0.05, 0.1) is 23.9 Å². The Morgan fingerprint density at radius 3 is 3.00 bits per heavy atom. The number of nitrogens with one attached hydrogen (secondary N) is 1. The Hall–Kier alpha value is -1.17. The van der Waals surface area contributed by atoms with Crippen molar-refractivity contribution in [2.24, 2.45) is 0 Å². The number of fused-ring (bicyclic) bond motifs is 1. The van der Waals surface area contributed by atoms with Crippen LogP contribution in [0.25, 0.3) is 11.4 Å². The Morgan fingerprint density at radius 2 is 2.24 bits per heavy atom. The monoisotopic (exact) mass is 367 g/mol. The SMILES string of the molecule is CCNc1nc(-c2ccc(Cl)c(Br)c2)nc2c1COCC2. The van der Waals surface area contributed by atoms with Crippen molar-refractivity contribution in [3.05, 3.63) is 39.0 Å². The predicted octanol–water partition coefficient (Wildman–Crippen LogP) is 4.06. The Morgan fingerprint density at radius 1 is 1.38 bits per heavy atom. The van der Waals surface area contributed by atoms with Gasteiger partial charge in [0.15, 0.2) is 5.82 Å². The fourth-order valence-corrected chi connectivity index (χ4v) is 2.81. The maximum atomic E-state index is 6.05. The van der Waals surface area contributed by atoms with Gasteiger partial charge in [-0.15, -0.1) is 0 Å². The molecule has 1 N–H and O–H groups in total. The first-order valence-electron chi connectivity index (χ1n) is 6.86. The second kappa shape index (κ2) is 6.30. The van der Waals surface area contributed by atoms with E-state index in [0.29, 0.717) is 24.1 Å². The van der Waals surface area contributed by atoms with Crippen molar-refractivity contribution in [3.63, 3.8) is 0 Å². The largest absolute Gasteiger partial charge is 0.376 e. The summed E-state index contributed by atoms with van der Waals surface area (Å²) in [7, 11) is 0. The molecule has 0 radical (unpaired) electrons. The van der Waals surface area contributed by atoms with Gasteiger partial charge in [0.2, 0.25) is 0 Å². The molecule has 0 aliphatic carbocycles. The van der Waals surface area contributed by atoms with E-state index in [0.717, 1.165) is 40.1 Å². The van der Waals surface area contributed by atoms with Crippen LogP contribution in [0.4, 0.5) is 5.82 Å². The van der Waals surface area contributed by atoms with Crippen LogP contribution in [0.1, 0.15) is 18.2 Å². The molecule has 0 amide bonds. The number of halogens is 2. The molecule has 1 aliphatic heterocycles. The number of hydrogen-bond acceptors (Lipinski definition) is 4. The zero-order valence-electron chi connectivity index (χ0n) is 11.6. The molecule has 21 heavy (non-hydrogen) atoms. The highest BCUT2D eigenvalue weighted by Crippen LogP contribution is 2.30. The van der Waals surface area contributed by atoms with Crippen molar-refractivity contribution in [1.29, 1.82) is 0 Å². The van der Waals surface area contributed by atoms with E-state index < -0.39 is 0 Å². The molecule has 0 bridgehead atoms. The number of ether oxygens (including phenoxy) is 1. The topological polar surface area (TPSA) is 47.0 Å². The van der Waals surface area contributed by atoms with Gasteiger partial charge in [0, 0.05) is 28.6 Å². The quantitative estimate of drug-likeness (QED) is 0.887. The standard InChI is InChI=1S/C15H15BrClN3O/c1-2-18-15-10-8-21-6-5-13(10)19-14(20-15)9-3-4-12(17)11(16)7-9/h3-4,7H,2,5-6,8H2,1H3,(H,18,19,20). The highest BCUT2D eigenvalue weighted by atomic mass is 79.9. The van der Waals surface area contributed by atoms with Crippen molar-refractivity contribution < 1.29 is 4.74 Å². The van der Waals surface area contributed by atoms with E-state index >= 15 is 0 Å². The van der Waals surface area contributed by atoms with Crippen LogP contribution in [0.2, 0.25) is 5.02 Å². The fraction of sp³-hybridized carbons (Fsp3) is 0.333. The number of anilines is 1. The summed E-state index contributed by atoms with van der Waals surface area (Å²) in [5.41, 5.74) is 3.08. The van der Waals surface area contributed by atoms with Crippen LogP contribution in [0.3, 0.4) is 0 Å². The van der Waals surface area contributed by atoms with Gasteiger partial charge in [-0.25, -0.2) is 9.97 Å². The summed E-state index contributed by atoms with van der Waals surface area (Å²) in [6.45, 7) is 4.14. The molecular weight excluding hydrogens is 354 g/mol. The average molecular weight is 369 g/mol. The summed E-state index contributed by atoms with van der Waals surface area (Å²) in [4.78, 5) is 9.35. The average Bonchev–Trinajstić information content (AvgIpc) is 2.50. The minimum Gasteiger partial charge on any atom is -0.376 e. The summed E-state index contributed by atoms with van der Waals surface area (Å²) in [6.07, 6.45) is 0.817. The van der Waals surface area contributed by atoms with Crippen LogP contribution in [-0.4, -0.2) is 23.1 Å². The van der Waals surface area contributed by atoms with Crippen LogP contribution in [0.15, 0.2) is 22.7 Å². The highest BCUT2D eigenvalue weighted by molar-refractivity contribution is 9.10. The van der Waals surface area contributed by atoms with Gasteiger partial charge in [-0.05, 0) is 41.1 Å². The molecule has 2 aromatic rings. The van der Waals surface area contributed by atoms with Crippen molar-refractivity contribution in [2.75, 3.05) is 18.5 Å². The molecule has 0 atom stereocenters. The maximum absolute atomic E-state index is 6.05. The van der Waals surface area contributed by atoms with Crippen LogP contribution >= 0.6 is 27.5 Å². The molecule has 0 spiro atoms. The van der Waals surface area contributed by atoms with Gasteiger partial charge in [0.1, 0.15) is 5.82 Å². The lowest BCUT2D eigenvalue weighted by molar-refractivity contribution is 0.109. The zero-order valence-corrected chi connectivity index (χ0v) is 14.0. The Labute approximate surface area is 137 Å². The number of aromatic nitrogens is 2. The highest BCUT2D eigenvalue weighted by Gasteiger charge is 2.18. The van der Waals surface area contributed by atoms with Gasteiger partial charge < -0.3 is 10.1 Å². The van der Waals surface area contributed by atoms with Gasteiger partial charge >= 0.3 is 0 Å². The second-order valence-corrected chi connectivity index (χ2v) is 6.04. The molecule has 2 heterocycles. The Balaban J connectivity index is 2.09.